The first kappa shape index (κ1) is 17.6. The van der Waals surface area contributed by atoms with Crippen LogP contribution in [0.4, 0.5) is 0 Å². The lowest BCUT2D eigenvalue weighted by molar-refractivity contribution is 0.0905. The number of nitrogens with one attached hydrogen (secondary N) is 1. The maximum Gasteiger partial charge on any atom is 0.287 e. The van der Waals surface area contributed by atoms with Gasteiger partial charge in [0.2, 0.25) is 0 Å². The highest BCUT2D eigenvalue weighted by atomic mass is 16.5. The van der Waals surface area contributed by atoms with Crippen molar-refractivity contribution >= 4 is 5.91 Å². The van der Waals surface area contributed by atoms with E-state index in [4.69, 9.17) is 9.15 Å². The SMILES string of the molecule is CC(C)(C)c1ccc(OCc2ccc(C(=O)NC3CCCC3)o2)cc1. The maximum absolute atomic E-state index is 12.2. The molecule has 3 rings (SSSR count). The van der Waals surface area contributed by atoms with Crippen molar-refractivity contribution in [3.05, 3.63) is 53.5 Å². The monoisotopic (exact) mass is 341 g/mol. The van der Waals surface area contributed by atoms with E-state index in [1.54, 1.807) is 12.1 Å². The van der Waals surface area contributed by atoms with E-state index in [-0.39, 0.29) is 11.3 Å². The summed E-state index contributed by atoms with van der Waals surface area (Å²) in [4.78, 5) is 12.2. The number of rotatable bonds is 5. The van der Waals surface area contributed by atoms with Gasteiger partial charge >= 0.3 is 0 Å². The second kappa shape index (κ2) is 7.34. The number of ether oxygens (including phenoxy) is 1. The molecule has 1 aliphatic carbocycles. The predicted octanol–water partition coefficient (Wildman–Crippen LogP) is 4.83. The Hall–Kier alpha value is -2.23. The molecule has 1 N–H and O–H groups in total. The van der Waals surface area contributed by atoms with Crippen LogP contribution in [0.2, 0.25) is 0 Å². The van der Waals surface area contributed by atoms with Crippen LogP contribution in [0.1, 0.15) is 68.3 Å². The molecule has 1 saturated carbocycles. The van der Waals surface area contributed by atoms with Gasteiger partial charge in [-0.05, 0) is 48.1 Å². The smallest absolute Gasteiger partial charge is 0.287 e. The van der Waals surface area contributed by atoms with Crippen LogP contribution in [-0.2, 0) is 12.0 Å². The van der Waals surface area contributed by atoms with E-state index in [0.29, 0.717) is 24.2 Å². The zero-order chi connectivity index (χ0) is 17.9. The van der Waals surface area contributed by atoms with Crippen LogP contribution in [0.15, 0.2) is 40.8 Å². The van der Waals surface area contributed by atoms with Gasteiger partial charge in [0.25, 0.3) is 5.91 Å². The van der Waals surface area contributed by atoms with Crippen molar-refractivity contribution in [2.75, 3.05) is 0 Å². The Balaban J connectivity index is 1.53. The van der Waals surface area contributed by atoms with Crippen LogP contribution in [0.25, 0.3) is 0 Å². The standard InChI is InChI=1S/C21H27NO3/c1-21(2,3)15-8-10-17(11-9-15)24-14-18-12-13-19(25-18)20(23)22-16-6-4-5-7-16/h8-13,16H,4-7,14H2,1-3H3,(H,22,23). The number of hydrogen-bond donors (Lipinski definition) is 1. The second-order valence-corrected chi connectivity index (χ2v) is 7.78. The molecule has 0 radical (unpaired) electrons. The first-order chi connectivity index (χ1) is 11.9. The van der Waals surface area contributed by atoms with E-state index in [9.17, 15) is 4.79 Å². The highest BCUT2D eigenvalue weighted by Gasteiger charge is 2.20. The van der Waals surface area contributed by atoms with Gasteiger partial charge in [0.05, 0.1) is 0 Å². The summed E-state index contributed by atoms with van der Waals surface area (Å²) < 4.78 is 11.4. The second-order valence-electron chi connectivity index (χ2n) is 7.78. The molecule has 1 aliphatic rings. The van der Waals surface area contributed by atoms with Crippen molar-refractivity contribution in [1.29, 1.82) is 0 Å². The molecule has 0 unspecified atom stereocenters. The molecule has 1 aromatic heterocycles. The summed E-state index contributed by atoms with van der Waals surface area (Å²) in [7, 11) is 0. The minimum Gasteiger partial charge on any atom is -0.486 e. The summed E-state index contributed by atoms with van der Waals surface area (Å²) in [6.07, 6.45) is 4.51. The van der Waals surface area contributed by atoms with Gasteiger partial charge in [-0.1, -0.05) is 45.7 Å². The molecular weight excluding hydrogens is 314 g/mol. The van der Waals surface area contributed by atoms with E-state index in [1.165, 1.54) is 18.4 Å². The molecule has 1 fully saturated rings. The van der Waals surface area contributed by atoms with Gasteiger partial charge in [-0.25, -0.2) is 0 Å². The van der Waals surface area contributed by atoms with Crippen LogP contribution < -0.4 is 10.1 Å². The molecule has 25 heavy (non-hydrogen) atoms. The van der Waals surface area contributed by atoms with E-state index in [0.717, 1.165) is 18.6 Å². The Labute approximate surface area is 149 Å². The fraction of sp³-hybridized carbons (Fsp3) is 0.476. The van der Waals surface area contributed by atoms with Crippen molar-refractivity contribution in [1.82, 2.24) is 5.32 Å². The summed E-state index contributed by atoms with van der Waals surface area (Å²) in [6, 6.07) is 11.9. The van der Waals surface area contributed by atoms with Gasteiger partial charge in [0, 0.05) is 6.04 Å². The summed E-state index contributed by atoms with van der Waals surface area (Å²) in [6.45, 7) is 6.86. The molecule has 1 heterocycles. The Morgan fingerprint density at radius 2 is 1.80 bits per heavy atom. The van der Waals surface area contributed by atoms with E-state index < -0.39 is 0 Å². The van der Waals surface area contributed by atoms with Crippen LogP contribution in [-0.4, -0.2) is 11.9 Å². The highest BCUT2D eigenvalue weighted by Crippen LogP contribution is 2.25. The predicted molar refractivity (Wildman–Crippen MR) is 97.9 cm³/mol. The van der Waals surface area contributed by atoms with Crippen molar-refractivity contribution in [2.45, 2.75) is 64.5 Å². The van der Waals surface area contributed by atoms with Crippen LogP contribution in [0.3, 0.4) is 0 Å². The molecular formula is C21H27NO3. The zero-order valence-corrected chi connectivity index (χ0v) is 15.3. The van der Waals surface area contributed by atoms with Crippen molar-refractivity contribution in [3.8, 4) is 5.75 Å². The molecule has 0 saturated heterocycles. The normalized spacial score (nSPS) is 15.3. The van der Waals surface area contributed by atoms with Gasteiger partial charge in [0.15, 0.2) is 5.76 Å². The van der Waals surface area contributed by atoms with Crippen molar-refractivity contribution < 1.29 is 13.9 Å². The Morgan fingerprint density at radius 1 is 1.12 bits per heavy atom. The third-order valence-corrected chi connectivity index (χ3v) is 4.68. The summed E-state index contributed by atoms with van der Waals surface area (Å²) in [5.74, 6) is 1.67. The van der Waals surface area contributed by atoms with Crippen molar-refractivity contribution in [2.24, 2.45) is 0 Å². The highest BCUT2D eigenvalue weighted by molar-refractivity contribution is 5.91. The van der Waals surface area contributed by atoms with Crippen molar-refractivity contribution in [3.63, 3.8) is 0 Å². The molecule has 0 spiro atoms. The number of carbonyl (C=O) groups is 1. The van der Waals surface area contributed by atoms with Crippen LogP contribution >= 0.6 is 0 Å². The minimum absolute atomic E-state index is 0.126. The van der Waals surface area contributed by atoms with E-state index >= 15 is 0 Å². The van der Waals surface area contributed by atoms with Crippen LogP contribution in [0.5, 0.6) is 5.75 Å². The number of hydrogen-bond acceptors (Lipinski definition) is 3. The third kappa shape index (κ3) is 4.65. The summed E-state index contributed by atoms with van der Waals surface area (Å²) in [5, 5.41) is 3.03. The number of benzene rings is 1. The molecule has 134 valence electrons. The third-order valence-electron chi connectivity index (χ3n) is 4.68. The largest absolute Gasteiger partial charge is 0.486 e. The van der Waals surface area contributed by atoms with Gasteiger partial charge in [-0.2, -0.15) is 0 Å². The van der Waals surface area contributed by atoms with Gasteiger partial charge < -0.3 is 14.5 Å². The number of furan rings is 1. The molecule has 1 aromatic carbocycles. The average Bonchev–Trinajstić information content (AvgIpc) is 3.24. The molecule has 0 atom stereocenters. The molecule has 2 aromatic rings. The average molecular weight is 341 g/mol. The quantitative estimate of drug-likeness (QED) is 0.847. The van der Waals surface area contributed by atoms with Gasteiger partial charge in [-0.3, -0.25) is 4.79 Å². The Morgan fingerprint density at radius 3 is 2.44 bits per heavy atom. The topological polar surface area (TPSA) is 51.5 Å². The molecule has 0 aliphatic heterocycles. The lowest BCUT2D eigenvalue weighted by Crippen LogP contribution is -2.32. The fourth-order valence-electron chi connectivity index (χ4n) is 3.11. The Kier molecular flexibility index (Phi) is 5.16. The molecule has 4 nitrogen and oxygen atoms in total. The van der Waals surface area contributed by atoms with Gasteiger partial charge in [-0.15, -0.1) is 0 Å². The first-order valence-electron chi connectivity index (χ1n) is 9.05. The van der Waals surface area contributed by atoms with Crippen LogP contribution in [0, 0.1) is 0 Å². The lowest BCUT2D eigenvalue weighted by atomic mass is 9.87. The summed E-state index contributed by atoms with van der Waals surface area (Å²) in [5.41, 5.74) is 1.39. The minimum atomic E-state index is -0.132. The molecule has 1 amide bonds. The Bertz CT molecular complexity index is 703. The lowest BCUT2D eigenvalue weighted by Gasteiger charge is -2.19. The van der Waals surface area contributed by atoms with E-state index in [2.05, 4.69) is 38.2 Å². The first-order valence-corrected chi connectivity index (χ1v) is 9.05. The summed E-state index contributed by atoms with van der Waals surface area (Å²) >= 11 is 0. The van der Waals surface area contributed by atoms with Gasteiger partial charge in [0.1, 0.15) is 18.1 Å². The fourth-order valence-corrected chi connectivity index (χ4v) is 3.11. The zero-order valence-electron chi connectivity index (χ0n) is 15.3. The maximum atomic E-state index is 12.2. The molecule has 0 bridgehead atoms. The molecule has 4 heteroatoms. The van der Waals surface area contributed by atoms with E-state index in [1.807, 2.05) is 12.1 Å². The number of amides is 1. The number of carbonyl (C=O) groups excluding carboxylic acids is 1.